The smallest absolute Gasteiger partial charge is 0.266 e. The first-order valence-corrected chi connectivity index (χ1v) is 9.89. The molecule has 29 heavy (non-hydrogen) atoms. The zero-order valence-corrected chi connectivity index (χ0v) is 16.1. The van der Waals surface area contributed by atoms with Crippen molar-refractivity contribution in [1.82, 2.24) is 20.0 Å². The predicted octanol–water partition coefficient (Wildman–Crippen LogP) is 3.94. The molecule has 1 saturated heterocycles. The molecule has 150 valence electrons. The summed E-state index contributed by atoms with van der Waals surface area (Å²) in [6, 6.07) is 13.6. The Kier molecular flexibility index (Phi) is 5.64. The van der Waals surface area contributed by atoms with Gasteiger partial charge in [-0.2, -0.15) is 4.98 Å². The quantitative estimate of drug-likeness (QED) is 0.633. The van der Waals surface area contributed by atoms with Crippen LogP contribution in [0.15, 0.2) is 59.4 Å². The van der Waals surface area contributed by atoms with Gasteiger partial charge < -0.3 is 9.42 Å². The van der Waals surface area contributed by atoms with Crippen molar-refractivity contribution in [3.63, 3.8) is 0 Å². The van der Waals surface area contributed by atoms with E-state index in [1.807, 2.05) is 30.3 Å². The fraction of sp³-hybridized carbons (Fsp3) is 0.364. The summed E-state index contributed by atoms with van der Waals surface area (Å²) in [5, 5.41) is 3.89. The highest BCUT2D eigenvalue weighted by molar-refractivity contribution is 5.76. The van der Waals surface area contributed by atoms with Crippen molar-refractivity contribution in [2.45, 2.75) is 37.8 Å². The Morgan fingerprint density at radius 1 is 1.21 bits per heavy atom. The maximum Gasteiger partial charge on any atom is 0.266 e. The third-order valence-electron chi connectivity index (χ3n) is 5.22. The number of aryl methyl sites for hydroxylation is 1. The third-order valence-corrected chi connectivity index (χ3v) is 5.22. The van der Waals surface area contributed by atoms with Gasteiger partial charge in [-0.25, -0.2) is 4.39 Å². The molecule has 1 aromatic carbocycles. The Hall–Kier alpha value is -3.09. The van der Waals surface area contributed by atoms with Crippen LogP contribution >= 0.6 is 0 Å². The first-order valence-electron chi connectivity index (χ1n) is 9.89. The zero-order chi connectivity index (χ0) is 20.1. The third kappa shape index (κ3) is 4.50. The molecule has 1 unspecified atom stereocenters. The summed E-state index contributed by atoms with van der Waals surface area (Å²) in [6.45, 7) is 0.505. The lowest BCUT2D eigenvalue weighted by molar-refractivity contribution is -0.136. The van der Waals surface area contributed by atoms with E-state index in [4.69, 9.17) is 4.52 Å². The predicted molar refractivity (Wildman–Crippen MR) is 106 cm³/mol. The molecule has 0 saturated carbocycles. The van der Waals surface area contributed by atoms with Gasteiger partial charge in [0.2, 0.25) is 17.4 Å². The molecule has 3 aromatic rings. The minimum absolute atomic E-state index is 0.0327. The van der Waals surface area contributed by atoms with Crippen molar-refractivity contribution in [2.24, 2.45) is 0 Å². The molecule has 0 N–H and O–H groups in total. The monoisotopic (exact) mass is 394 g/mol. The van der Waals surface area contributed by atoms with Crippen molar-refractivity contribution in [3.05, 3.63) is 66.3 Å². The van der Waals surface area contributed by atoms with E-state index in [-0.39, 0.29) is 24.8 Å². The number of amides is 1. The average molecular weight is 394 g/mol. The van der Waals surface area contributed by atoms with Gasteiger partial charge in [-0.1, -0.05) is 35.5 Å². The number of nitrogens with zero attached hydrogens (tertiary/aromatic N) is 4. The number of pyridine rings is 1. The molecule has 1 aliphatic rings. The summed E-state index contributed by atoms with van der Waals surface area (Å²) in [7, 11) is 0. The topological polar surface area (TPSA) is 72.1 Å². The van der Waals surface area contributed by atoms with E-state index in [0.717, 1.165) is 12.8 Å². The second-order valence-corrected chi connectivity index (χ2v) is 7.39. The Balaban J connectivity index is 1.38. The number of halogens is 1. The standard InChI is InChI=1S/C22H23FN4O2/c23-22(21-25-20(26-29-21)18-10-5-13-24-15-18)12-6-14-27(16-22)19(28)11-4-9-17-7-2-1-3-8-17/h1-3,5,7-8,10,13,15H,4,6,9,11-12,14,16H2. The van der Waals surface area contributed by atoms with Crippen molar-refractivity contribution < 1.29 is 13.7 Å². The maximum absolute atomic E-state index is 15.6. The Morgan fingerprint density at radius 2 is 2.07 bits per heavy atom. The number of aromatic nitrogens is 3. The normalized spacial score (nSPS) is 19.3. The molecule has 4 rings (SSSR count). The summed E-state index contributed by atoms with van der Waals surface area (Å²) < 4.78 is 20.9. The number of carbonyl (C=O) groups is 1. The second-order valence-electron chi connectivity index (χ2n) is 7.39. The molecule has 1 atom stereocenters. The van der Waals surface area contributed by atoms with Crippen LogP contribution in [0.1, 0.15) is 37.1 Å². The van der Waals surface area contributed by atoms with Gasteiger partial charge in [0, 0.05) is 30.9 Å². The van der Waals surface area contributed by atoms with Crippen LogP contribution in [0.4, 0.5) is 4.39 Å². The number of likely N-dealkylation sites (tertiary alicyclic amines) is 1. The van der Waals surface area contributed by atoms with E-state index in [1.165, 1.54) is 5.56 Å². The summed E-state index contributed by atoms with van der Waals surface area (Å²) in [5.41, 5.74) is 0.0455. The van der Waals surface area contributed by atoms with Gasteiger partial charge >= 0.3 is 0 Å². The molecule has 6 nitrogen and oxygen atoms in total. The van der Waals surface area contributed by atoms with Gasteiger partial charge in [0.1, 0.15) is 0 Å². The molecule has 1 aliphatic heterocycles. The zero-order valence-electron chi connectivity index (χ0n) is 16.1. The van der Waals surface area contributed by atoms with Crippen LogP contribution in [0.25, 0.3) is 11.4 Å². The summed E-state index contributed by atoms with van der Waals surface area (Å²) in [6.07, 6.45) is 6.03. The van der Waals surface area contributed by atoms with Crippen LogP contribution in [-0.2, 0) is 16.9 Å². The number of alkyl halides is 1. The minimum atomic E-state index is -1.82. The van der Waals surface area contributed by atoms with Crippen LogP contribution < -0.4 is 0 Å². The van der Waals surface area contributed by atoms with Crippen LogP contribution in [-0.4, -0.2) is 39.0 Å². The lowest BCUT2D eigenvalue weighted by Gasteiger charge is -2.35. The maximum atomic E-state index is 15.6. The lowest BCUT2D eigenvalue weighted by atomic mass is 9.94. The van der Waals surface area contributed by atoms with E-state index in [2.05, 4.69) is 15.1 Å². The first kappa shape index (κ1) is 19.2. The fourth-order valence-electron chi connectivity index (χ4n) is 3.66. The van der Waals surface area contributed by atoms with Crippen molar-refractivity contribution >= 4 is 5.91 Å². The summed E-state index contributed by atoms with van der Waals surface area (Å²) in [4.78, 5) is 22.5. The number of piperidine rings is 1. The highest BCUT2D eigenvalue weighted by Crippen LogP contribution is 2.35. The number of benzene rings is 1. The van der Waals surface area contributed by atoms with E-state index in [9.17, 15) is 4.79 Å². The highest BCUT2D eigenvalue weighted by atomic mass is 19.1. The molecule has 3 heterocycles. The summed E-state index contributed by atoms with van der Waals surface area (Å²) in [5.74, 6) is 0.198. The molecule has 1 amide bonds. The molecule has 1 fully saturated rings. The number of rotatable bonds is 6. The van der Waals surface area contributed by atoms with Gasteiger partial charge in [0.15, 0.2) is 0 Å². The van der Waals surface area contributed by atoms with Gasteiger partial charge in [0.25, 0.3) is 5.89 Å². The van der Waals surface area contributed by atoms with Gasteiger partial charge in [0.05, 0.1) is 6.54 Å². The Bertz CT molecular complexity index is 948. The Labute approximate surface area is 168 Å². The van der Waals surface area contributed by atoms with E-state index < -0.39 is 5.67 Å². The molecular weight excluding hydrogens is 371 g/mol. The van der Waals surface area contributed by atoms with Crippen molar-refractivity contribution in [2.75, 3.05) is 13.1 Å². The molecule has 0 radical (unpaired) electrons. The van der Waals surface area contributed by atoms with Gasteiger partial charge in [-0.15, -0.1) is 0 Å². The lowest BCUT2D eigenvalue weighted by Crippen LogP contribution is -2.46. The molecule has 0 bridgehead atoms. The number of hydrogen-bond donors (Lipinski definition) is 0. The second kappa shape index (κ2) is 8.51. The molecule has 7 heteroatoms. The van der Waals surface area contributed by atoms with Crippen LogP contribution in [0, 0.1) is 0 Å². The SMILES string of the molecule is O=C(CCCc1ccccc1)N1CCCC(F)(c2nc(-c3cccnc3)no2)C1. The van der Waals surface area contributed by atoms with Gasteiger partial charge in [-0.3, -0.25) is 9.78 Å². The van der Waals surface area contributed by atoms with Crippen molar-refractivity contribution in [1.29, 1.82) is 0 Å². The molecule has 0 aliphatic carbocycles. The Morgan fingerprint density at radius 3 is 2.86 bits per heavy atom. The first-order chi connectivity index (χ1) is 14.1. The number of carbonyl (C=O) groups excluding carboxylic acids is 1. The summed E-state index contributed by atoms with van der Waals surface area (Å²) >= 11 is 0. The van der Waals surface area contributed by atoms with Gasteiger partial charge in [-0.05, 0) is 43.4 Å². The average Bonchev–Trinajstić information content (AvgIpc) is 3.26. The van der Waals surface area contributed by atoms with Crippen LogP contribution in [0.5, 0.6) is 0 Å². The number of hydrogen-bond acceptors (Lipinski definition) is 5. The van der Waals surface area contributed by atoms with E-state index >= 15 is 4.39 Å². The van der Waals surface area contributed by atoms with Crippen LogP contribution in [0.3, 0.4) is 0 Å². The van der Waals surface area contributed by atoms with Crippen molar-refractivity contribution in [3.8, 4) is 11.4 Å². The van der Waals surface area contributed by atoms with E-state index in [0.29, 0.717) is 30.8 Å². The molecular formula is C22H23FN4O2. The van der Waals surface area contributed by atoms with E-state index in [1.54, 1.807) is 29.4 Å². The minimum Gasteiger partial charge on any atom is -0.339 e. The molecule has 0 spiro atoms. The fourth-order valence-corrected chi connectivity index (χ4v) is 3.66. The largest absolute Gasteiger partial charge is 0.339 e. The highest BCUT2D eigenvalue weighted by Gasteiger charge is 2.43. The van der Waals surface area contributed by atoms with Crippen LogP contribution in [0.2, 0.25) is 0 Å². The molecule has 2 aromatic heterocycles.